The Balaban J connectivity index is 1.26. The van der Waals surface area contributed by atoms with Crippen LogP contribution in [0, 0.1) is 5.92 Å². The highest BCUT2D eigenvalue weighted by molar-refractivity contribution is 6.00. The van der Waals surface area contributed by atoms with Crippen LogP contribution >= 0.6 is 0 Å². The van der Waals surface area contributed by atoms with Gasteiger partial charge in [0.05, 0.1) is 31.1 Å². The fraction of sp³-hybridized carbons (Fsp3) is 0.407. The van der Waals surface area contributed by atoms with Crippen LogP contribution in [0.5, 0.6) is 0 Å². The Kier molecular flexibility index (Phi) is 23.8. The molecule has 6 rings (SSSR count). The zero-order valence-electron chi connectivity index (χ0n) is 48.4. The highest BCUT2D eigenvalue weighted by Gasteiger charge is 2.39. The van der Waals surface area contributed by atoms with Crippen molar-refractivity contribution in [1.29, 1.82) is 0 Å². The lowest BCUT2D eigenvalue weighted by molar-refractivity contribution is -0.144. The monoisotopic (exact) mass is 1210 g/mol. The van der Waals surface area contributed by atoms with Gasteiger partial charge < -0.3 is 88.8 Å². The number of nitrogens with two attached hydrogens (primary N) is 1. The van der Waals surface area contributed by atoms with E-state index in [9.17, 15) is 73.5 Å². The van der Waals surface area contributed by atoms with Crippen molar-refractivity contribution in [3.8, 4) is 0 Å². The Labute approximate surface area is 499 Å². The van der Waals surface area contributed by atoms with E-state index in [2.05, 4.69) is 62.5 Å². The molecular weight excluding hydrogens is 1130 g/mol. The van der Waals surface area contributed by atoms with Crippen LogP contribution in [-0.4, -0.2) is 177 Å². The van der Waals surface area contributed by atoms with Crippen LogP contribution in [0.15, 0.2) is 104 Å². The minimum absolute atomic E-state index is 0.131. The second kappa shape index (κ2) is 31.0. The van der Waals surface area contributed by atoms with Crippen molar-refractivity contribution in [2.75, 3.05) is 0 Å². The average Bonchev–Trinajstić information content (AvgIpc) is 2.75. The molecule has 3 heterocycles. The first kappa shape index (κ1) is 66.6. The summed E-state index contributed by atoms with van der Waals surface area (Å²) in [7, 11) is 0. The number of H-pyrrole nitrogens is 3. The van der Waals surface area contributed by atoms with Crippen LogP contribution in [0.25, 0.3) is 21.8 Å². The Hall–Kier alpha value is -9.51. The van der Waals surface area contributed by atoms with Gasteiger partial charge in [-0.1, -0.05) is 87.0 Å². The molecule has 0 aliphatic rings. The Morgan fingerprint density at radius 2 is 0.897 bits per heavy atom. The van der Waals surface area contributed by atoms with Crippen LogP contribution in [0.1, 0.15) is 69.8 Å². The normalized spacial score (nSPS) is 15.9. The summed E-state index contributed by atoms with van der Waals surface area (Å²) < 4.78 is 0. The molecule has 0 saturated carbocycles. The van der Waals surface area contributed by atoms with E-state index in [0.29, 0.717) is 34.0 Å². The van der Waals surface area contributed by atoms with Gasteiger partial charge in [-0.15, -0.1) is 0 Å². The quantitative estimate of drug-likeness (QED) is 0.0231. The number of aliphatic hydroxyl groups excluding tert-OH is 3. The molecule has 0 radical (unpaired) electrons. The van der Waals surface area contributed by atoms with E-state index in [4.69, 9.17) is 5.73 Å². The maximum atomic E-state index is 14.7. The van der Waals surface area contributed by atoms with E-state index < -0.39 is 151 Å². The number of hydrogen-bond acceptors (Lipinski definition) is 15. The Morgan fingerprint density at radius 3 is 1.36 bits per heavy atom. The zero-order valence-corrected chi connectivity index (χ0v) is 48.4. The molecule has 0 aliphatic carbocycles. The second-order valence-electron chi connectivity index (χ2n) is 21.4. The number of carboxylic acids is 2. The first-order valence-corrected chi connectivity index (χ1v) is 28.1. The van der Waals surface area contributed by atoms with Gasteiger partial charge >= 0.3 is 11.9 Å². The Morgan fingerprint density at radius 1 is 0.483 bits per heavy atom. The summed E-state index contributed by atoms with van der Waals surface area (Å²) in [5.41, 5.74) is 9.20. The van der Waals surface area contributed by atoms with Gasteiger partial charge in [0.2, 0.25) is 47.3 Å². The molecule has 0 spiro atoms. The number of aromatic amines is 3. The molecule has 8 amide bonds. The number of para-hydroxylation sites is 2. The summed E-state index contributed by atoms with van der Waals surface area (Å²) in [6.07, 6.45) is -0.642. The van der Waals surface area contributed by atoms with Crippen molar-refractivity contribution in [1.82, 2.24) is 62.5 Å². The molecule has 18 N–H and O–H groups in total. The van der Waals surface area contributed by atoms with Crippen molar-refractivity contribution in [3.05, 3.63) is 126 Å². The molecule has 3 aromatic carbocycles. The van der Waals surface area contributed by atoms with Gasteiger partial charge in [-0.05, 0) is 55.5 Å². The number of benzene rings is 3. The van der Waals surface area contributed by atoms with Gasteiger partial charge in [0, 0.05) is 71.8 Å². The van der Waals surface area contributed by atoms with Crippen molar-refractivity contribution in [2.24, 2.45) is 11.7 Å². The number of nitrogens with zero attached hydrogens (tertiary/aromatic N) is 1. The van der Waals surface area contributed by atoms with Gasteiger partial charge in [-0.3, -0.25) is 43.2 Å². The lowest BCUT2D eigenvalue weighted by atomic mass is 9.98. The molecule has 0 aliphatic heterocycles. The van der Waals surface area contributed by atoms with E-state index in [-0.39, 0.29) is 25.0 Å². The number of nitrogens with one attached hydrogen (secondary N) is 11. The predicted octanol–water partition coefficient (Wildman–Crippen LogP) is -1.40. The highest BCUT2D eigenvalue weighted by atomic mass is 16.4. The molecule has 0 unspecified atom stereocenters. The van der Waals surface area contributed by atoms with Crippen LogP contribution in [0.3, 0.4) is 0 Å². The number of aliphatic hydroxyl groups is 3. The van der Waals surface area contributed by atoms with Crippen molar-refractivity contribution < 1.29 is 73.5 Å². The summed E-state index contributed by atoms with van der Waals surface area (Å²) in [6.45, 7) is 6.90. The smallest absolute Gasteiger partial charge is 0.326 e. The lowest BCUT2D eigenvalue weighted by Gasteiger charge is -2.29. The predicted molar refractivity (Wildman–Crippen MR) is 314 cm³/mol. The van der Waals surface area contributed by atoms with Crippen molar-refractivity contribution in [2.45, 2.75) is 146 Å². The number of imidazole rings is 1. The first-order chi connectivity index (χ1) is 41.3. The topological polar surface area (TPSA) is 454 Å². The molecule has 28 nitrogen and oxygen atoms in total. The van der Waals surface area contributed by atoms with E-state index in [0.717, 1.165) is 17.8 Å². The molecule has 3 aromatic heterocycles. The number of carboxylic acid groups (broad SMARTS) is 2. The first-order valence-electron chi connectivity index (χ1n) is 28.1. The third kappa shape index (κ3) is 18.5. The lowest BCUT2D eigenvalue weighted by Crippen LogP contribution is -2.63. The molecule has 6 aromatic rings. The largest absolute Gasteiger partial charge is 0.481 e. The molecule has 0 bridgehead atoms. The standard InChI is InChI=1S/C59H75N13O15/c1-6-29(2)48(59(86)87)70-58(85)50(32(5)75)72-54(81)41(20-33-14-8-7-9-15-33)65-53(80)45(24-46(76)77)67-52(79)44(23-36-27-61-28-64-36)69-57(84)49(31(4)74)71-55(82)43(22-35-26-63-40-19-13-11-17-38(35)40)66-51(78)42(68-56(83)47(60)30(3)73)21-34-25-62-39-18-12-10-16-37(34)39/h7-19,25-32,41-45,47-50,62-63,73-75H,6,20-24,60H2,1-5H3,(H,61,64)(H,65,80)(H,66,78)(H,67,79)(H,68,83)(H,69,84)(H,70,85)(H,71,82)(H,72,81)(H,76,77)(H,86,87)/t29-,30+,31+,32+,41-,42-,43-,44-,45-,47-,48-,49-,50-/m0/s1. The number of carbonyl (C=O) groups is 10. The second-order valence-corrected chi connectivity index (χ2v) is 21.4. The number of fused-ring (bicyclic) bond motifs is 2. The summed E-state index contributed by atoms with van der Waals surface area (Å²) in [4.78, 5) is 151. The molecule has 13 atom stereocenters. The minimum atomic E-state index is -1.99. The summed E-state index contributed by atoms with van der Waals surface area (Å²) in [6, 6.07) is 7.55. The van der Waals surface area contributed by atoms with E-state index in [1.54, 1.807) is 105 Å². The third-order valence-electron chi connectivity index (χ3n) is 14.7. The van der Waals surface area contributed by atoms with Crippen LogP contribution in [-0.2, 0) is 73.6 Å². The fourth-order valence-electron chi connectivity index (χ4n) is 9.54. The van der Waals surface area contributed by atoms with Crippen LogP contribution < -0.4 is 48.3 Å². The SMILES string of the molecule is CC[C@H](C)[C@H](NC(=O)[C@@H](NC(=O)[C@H](Cc1ccccc1)NC(=O)[C@H](CC(=O)O)NC(=O)[C@H](Cc1cnc[nH]1)NC(=O)[C@@H](NC(=O)[C@H](Cc1c[nH]c2ccccc12)NC(=O)[C@H](Cc1c[nH]c2ccccc12)NC(=O)[C@@H](N)[C@@H](C)O)[C@@H](C)O)[C@@H](C)O)C(=O)O. The highest BCUT2D eigenvalue weighted by Crippen LogP contribution is 2.22. The summed E-state index contributed by atoms with van der Waals surface area (Å²) in [5, 5.41) is 73.0. The van der Waals surface area contributed by atoms with Crippen LogP contribution in [0.2, 0.25) is 0 Å². The van der Waals surface area contributed by atoms with Gasteiger partial charge in [0.15, 0.2) is 0 Å². The fourth-order valence-corrected chi connectivity index (χ4v) is 9.54. The average molecular weight is 1210 g/mol. The number of rotatable bonds is 32. The molecule has 87 heavy (non-hydrogen) atoms. The van der Waals surface area contributed by atoms with Crippen LogP contribution in [0.4, 0.5) is 0 Å². The number of aliphatic carboxylic acids is 2. The van der Waals surface area contributed by atoms with Crippen molar-refractivity contribution >= 4 is 81.0 Å². The number of aromatic nitrogens is 4. The Bertz CT molecular complexity index is 3370. The van der Waals surface area contributed by atoms with Gasteiger partial charge in [0.1, 0.15) is 54.4 Å². The van der Waals surface area contributed by atoms with E-state index in [1.807, 2.05) is 0 Å². The van der Waals surface area contributed by atoms with Gasteiger partial charge in [-0.25, -0.2) is 9.78 Å². The molecular formula is C59H75N13O15. The van der Waals surface area contributed by atoms with E-state index >= 15 is 0 Å². The maximum absolute atomic E-state index is 14.7. The maximum Gasteiger partial charge on any atom is 0.326 e. The molecule has 0 saturated heterocycles. The number of amides is 8. The summed E-state index contributed by atoms with van der Waals surface area (Å²) >= 11 is 0. The van der Waals surface area contributed by atoms with Crippen molar-refractivity contribution in [3.63, 3.8) is 0 Å². The minimum Gasteiger partial charge on any atom is -0.481 e. The molecule has 0 fully saturated rings. The third-order valence-corrected chi connectivity index (χ3v) is 14.7. The van der Waals surface area contributed by atoms with Gasteiger partial charge in [-0.2, -0.15) is 0 Å². The van der Waals surface area contributed by atoms with E-state index in [1.165, 1.54) is 26.4 Å². The zero-order chi connectivity index (χ0) is 63.6. The molecule has 28 heteroatoms. The summed E-state index contributed by atoms with van der Waals surface area (Å²) in [5.74, 6) is -12.0. The molecule has 466 valence electrons. The van der Waals surface area contributed by atoms with Gasteiger partial charge in [0.25, 0.3) is 0 Å². The number of hydrogen-bond donors (Lipinski definition) is 17. The number of carbonyl (C=O) groups excluding carboxylic acids is 8.